The van der Waals surface area contributed by atoms with Crippen molar-refractivity contribution in [2.75, 3.05) is 25.4 Å². The number of nitrogens with zero attached hydrogens (tertiary/aromatic N) is 2. The Morgan fingerprint density at radius 3 is 2.60 bits per heavy atom. The van der Waals surface area contributed by atoms with Gasteiger partial charge in [-0.15, -0.1) is 0 Å². The van der Waals surface area contributed by atoms with Crippen LogP contribution in [0, 0.1) is 0 Å². The summed E-state index contributed by atoms with van der Waals surface area (Å²) in [6, 6.07) is 1.67. The monoisotopic (exact) mass is 280 g/mol. The maximum Gasteiger partial charge on any atom is 0.271 e. The first-order chi connectivity index (χ1) is 9.53. The van der Waals surface area contributed by atoms with Gasteiger partial charge in [0.15, 0.2) is 0 Å². The van der Waals surface area contributed by atoms with E-state index in [4.69, 9.17) is 5.73 Å². The molecule has 0 fully saturated rings. The van der Waals surface area contributed by atoms with Gasteiger partial charge >= 0.3 is 0 Å². The number of carbonyl (C=O) groups excluding carboxylic acids is 2. The van der Waals surface area contributed by atoms with E-state index in [1.807, 2.05) is 25.3 Å². The molecule has 0 saturated heterocycles. The minimum Gasteiger partial charge on any atom is -0.397 e. The summed E-state index contributed by atoms with van der Waals surface area (Å²) < 4.78 is 1.85. The van der Waals surface area contributed by atoms with Gasteiger partial charge in [-0.1, -0.05) is 6.92 Å². The normalized spacial score (nSPS) is 10.3. The number of nitrogen functional groups attached to an aromatic ring is 1. The van der Waals surface area contributed by atoms with Gasteiger partial charge in [0.1, 0.15) is 5.69 Å². The molecule has 0 atom stereocenters. The Morgan fingerprint density at radius 1 is 1.35 bits per heavy atom. The van der Waals surface area contributed by atoms with E-state index in [-0.39, 0.29) is 18.4 Å². The number of nitrogens with one attached hydrogen (secondary N) is 1. The summed E-state index contributed by atoms with van der Waals surface area (Å²) >= 11 is 0. The lowest BCUT2D eigenvalue weighted by Crippen LogP contribution is -2.41. The quantitative estimate of drug-likeness (QED) is 0.784. The molecule has 0 bridgehead atoms. The SMILES string of the molecule is CCCn1cc(N)cc1C(=O)N(CC)CC(=O)NCC. The molecular formula is C14H24N4O2. The lowest BCUT2D eigenvalue weighted by atomic mass is 10.3. The van der Waals surface area contributed by atoms with Crippen molar-refractivity contribution in [1.29, 1.82) is 0 Å². The number of carbonyl (C=O) groups is 2. The Bertz CT molecular complexity index is 468. The third-order valence-corrected chi connectivity index (χ3v) is 2.98. The molecule has 1 heterocycles. The second kappa shape index (κ2) is 7.57. The third kappa shape index (κ3) is 4.01. The highest BCUT2D eigenvalue weighted by Gasteiger charge is 2.20. The van der Waals surface area contributed by atoms with Gasteiger partial charge in [-0.3, -0.25) is 9.59 Å². The topological polar surface area (TPSA) is 80.4 Å². The first-order valence-electron chi connectivity index (χ1n) is 7.05. The molecule has 0 aromatic carbocycles. The molecule has 6 nitrogen and oxygen atoms in total. The molecule has 0 aliphatic heterocycles. The molecule has 0 unspecified atom stereocenters. The summed E-state index contributed by atoms with van der Waals surface area (Å²) in [7, 11) is 0. The largest absolute Gasteiger partial charge is 0.397 e. The van der Waals surface area contributed by atoms with Crippen LogP contribution in [-0.2, 0) is 11.3 Å². The van der Waals surface area contributed by atoms with Crippen molar-refractivity contribution in [1.82, 2.24) is 14.8 Å². The van der Waals surface area contributed by atoms with Crippen molar-refractivity contribution in [3.05, 3.63) is 18.0 Å². The van der Waals surface area contributed by atoms with E-state index >= 15 is 0 Å². The van der Waals surface area contributed by atoms with E-state index in [9.17, 15) is 9.59 Å². The summed E-state index contributed by atoms with van der Waals surface area (Å²) in [6.07, 6.45) is 2.67. The number of anilines is 1. The van der Waals surface area contributed by atoms with Crippen LogP contribution in [0.25, 0.3) is 0 Å². The van der Waals surface area contributed by atoms with Gasteiger partial charge in [0.05, 0.1) is 12.2 Å². The Morgan fingerprint density at radius 2 is 2.05 bits per heavy atom. The molecule has 0 aliphatic carbocycles. The number of likely N-dealkylation sites (N-methyl/N-ethyl adjacent to an activating group) is 2. The lowest BCUT2D eigenvalue weighted by Gasteiger charge is -2.21. The van der Waals surface area contributed by atoms with Gasteiger partial charge in [-0.05, 0) is 26.3 Å². The average molecular weight is 280 g/mol. The van der Waals surface area contributed by atoms with Crippen molar-refractivity contribution in [3.8, 4) is 0 Å². The summed E-state index contributed by atoms with van der Waals surface area (Å²) in [4.78, 5) is 25.6. The fourth-order valence-corrected chi connectivity index (χ4v) is 2.05. The van der Waals surface area contributed by atoms with E-state index in [0.717, 1.165) is 13.0 Å². The van der Waals surface area contributed by atoms with E-state index < -0.39 is 0 Å². The summed E-state index contributed by atoms with van der Waals surface area (Å²) in [5, 5.41) is 2.70. The summed E-state index contributed by atoms with van der Waals surface area (Å²) in [6.45, 7) is 7.59. The van der Waals surface area contributed by atoms with Crippen LogP contribution in [0.4, 0.5) is 5.69 Å². The predicted molar refractivity (Wildman–Crippen MR) is 79.4 cm³/mol. The Balaban J connectivity index is 2.87. The van der Waals surface area contributed by atoms with Crippen LogP contribution in [-0.4, -0.2) is 40.9 Å². The average Bonchev–Trinajstić information content (AvgIpc) is 2.77. The molecule has 0 radical (unpaired) electrons. The zero-order valence-electron chi connectivity index (χ0n) is 12.5. The molecule has 1 aromatic heterocycles. The van der Waals surface area contributed by atoms with Gasteiger partial charge in [-0.2, -0.15) is 0 Å². The number of hydrogen-bond acceptors (Lipinski definition) is 3. The second-order valence-corrected chi connectivity index (χ2v) is 4.62. The highest BCUT2D eigenvalue weighted by molar-refractivity contribution is 5.96. The number of nitrogens with two attached hydrogens (primary N) is 1. The minimum absolute atomic E-state index is 0.0698. The van der Waals surface area contributed by atoms with Gasteiger partial charge in [-0.25, -0.2) is 0 Å². The van der Waals surface area contributed by atoms with Crippen LogP contribution in [0.1, 0.15) is 37.7 Å². The van der Waals surface area contributed by atoms with E-state index in [0.29, 0.717) is 24.5 Å². The molecule has 3 N–H and O–H groups in total. The summed E-state index contributed by atoms with van der Waals surface area (Å²) in [5.41, 5.74) is 6.87. The van der Waals surface area contributed by atoms with Crippen LogP contribution in [0.15, 0.2) is 12.3 Å². The smallest absolute Gasteiger partial charge is 0.271 e. The molecule has 0 saturated carbocycles. The van der Waals surface area contributed by atoms with Crippen LogP contribution < -0.4 is 11.1 Å². The fourth-order valence-electron chi connectivity index (χ4n) is 2.05. The van der Waals surface area contributed by atoms with Crippen LogP contribution in [0.3, 0.4) is 0 Å². The fraction of sp³-hybridized carbons (Fsp3) is 0.571. The maximum atomic E-state index is 12.5. The van der Waals surface area contributed by atoms with Crippen molar-refractivity contribution in [2.45, 2.75) is 33.7 Å². The minimum atomic E-state index is -0.163. The molecule has 1 rings (SSSR count). The first kappa shape index (κ1) is 16.1. The number of hydrogen-bond donors (Lipinski definition) is 2. The van der Waals surface area contributed by atoms with Gasteiger partial charge in [0.25, 0.3) is 5.91 Å². The Hall–Kier alpha value is -1.98. The van der Waals surface area contributed by atoms with Gasteiger partial charge in [0.2, 0.25) is 5.91 Å². The zero-order valence-corrected chi connectivity index (χ0v) is 12.5. The Labute approximate surface area is 119 Å². The molecule has 0 spiro atoms. The summed E-state index contributed by atoms with van der Waals surface area (Å²) in [5.74, 6) is -0.312. The van der Waals surface area contributed by atoms with Crippen LogP contribution >= 0.6 is 0 Å². The van der Waals surface area contributed by atoms with Gasteiger partial charge in [0, 0.05) is 25.8 Å². The highest BCUT2D eigenvalue weighted by atomic mass is 16.2. The molecular weight excluding hydrogens is 256 g/mol. The highest BCUT2D eigenvalue weighted by Crippen LogP contribution is 2.14. The predicted octanol–water partition coefficient (Wildman–Crippen LogP) is 1.08. The van der Waals surface area contributed by atoms with Gasteiger partial charge < -0.3 is 20.5 Å². The number of rotatable bonds is 7. The number of aromatic nitrogens is 1. The lowest BCUT2D eigenvalue weighted by molar-refractivity contribution is -0.121. The molecule has 1 aromatic rings. The van der Waals surface area contributed by atoms with Crippen molar-refractivity contribution >= 4 is 17.5 Å². The van der Waals surface area contributed by atoms with Crippen LogP contribution in [0.2, 0.25) is 0 Å². The molecule has 0 aliphatic rings. The standard InChI is InChI=1S/C14H24N4O2/c1-4-7-18-9-11(15)8-12(18)14(20)17(6-3)10-13(19)16-5-2/h8-9H,4-7,10,15H2,1-3H3,(H,16,19). The number of aryl methyl sites for hydroxylation is 1. The molecule has 112 valence electrons. The Kier molecular flexibility index (Phi) is 6.09. The van der Waals surface area contributed by atoms with Crippen LogP contribution in [0.5, 0.6) is 0 Å². The van der Waals surface area contributed by atoms with Crippen molar-refractivity contribution in [3.63, 3.8) is 0 Å². The van der Waals surface area contributed by atoms with Crippen molar-refractivity contribution < 1.29 is 9.59 Å². The molecule has 2 amide bonds. The van der Waals surface area contributed by atoms with E-state index in [1.54, 1.807) is 12.3 Å². The zero-order chi connectivity index (χ0) is 15.1. The number of amides is 2. The maximum absolute atomic E-state index is 12.5. The van der Waals surface area contributed by atoms with E-state index in [1.165, 1.54) is 4.90 Å². The molecule has 6 heteroatoms. The van der Waals surface area contributed by atoms with E-state index in [2.05, 4.69) is 5.32 Å². The third-order valence-electron chi connectivity index (χ3n) is 2.98. The second-order valence-electron chi connectivity index (χ2n) is 4.62. The van der Waals surface area contributed by atoms with Crippen molar-refractivity contribution in [2.24, 2.45) is 0 Å². The first-order valence-corrected chi connectivity index (χ1v) is 7.05. The molecule has 20 heavy (non-hydrogen) atoms.